The molecule has 5 rings (SSSR count). The first-order valence-corrected chi connectivity index (χ1v) is 10.8. The Morgan fingerprint density at radius 1 is 1.10 bits per heavy atom. The molecule has 0 unspecified atom stereocenters. The van der Waals surface area contributed by atoms with E-state index in [0.29, 0.717) is 24.4 Å². The summed E-state index contributed by atoms with van der Waals surface area (Å²) in [6.45, 7) is 0. The Balaban J connectivity index is 1.19. The lowest BCUT2D eigenvalue weighted by Crippen LogP contribution is -2.11. The fourth-order valence-electron chi connectivity index (χ4n) is 3.54. The molecule has 0 atom stereocenters. The molecule has 0 saturated carbocycles. The van der Waals surface area contributed by atoms with Crippen LogP contribution in [0.1, 0.15) is 17.7 Å². The van der Waals surface area contributed by atoms with Gasteiger partial charge >= 0.3 is 0 Å². The summed E-state index contributed by atoms with van der Waals surface area (Å²) in [7, 11) is 0. The molecule has 3 heterocycles. The smallest absolute Gasteiger partial charge is 0.228 e. The molecule has 0 fully saturated rings. The molecule has 0 bridgehead atoms. The molecule has 4 aromatic rings. The Hall–Kier alpha value is -3.71. The number of hydrogen-bond acceptors (Lipinski definition) is 5. The molecule has 31 heavy (non-hydrogen) atoms. The fourth-order valence-corrected chi connectivity index (χ4v) is 4.28. The Morgan fingerprint density at radius 3 is 2.84 bits per heavy atom. The zero-order valence-electron chi connectivity index (χ0n) is 16.6. The van der Waals surface area contributed by atoms with Gasteiger partial charge in [-0.1, -0.05) is 36.4 Å². The summed E-state index contributed by atoms with van der Waals surface area (Å²) in [6.07, 6.45) is 1.21. The maximum Gasteiger partial charge on any atom is 0.228 e. The largest absolute Gasteiger partial charge is 0.461 e. The van der Waals surface area contributed by atoms with Crippen molar-refractivity contribution in [2.24, 2.45) is 0 Å². The summed E-state index contributed by atoms with van der Waals surface area (Å²) in [5.41, 5.74) is 4.54. The molecular formula is C24H19N3O3S. The second kappa shape index (κ2) is 8.20. The number of amides is 2. The average Bonchev–Trinajstić information content (AvgIpc) is 3.51. The van der Waals surface area contributed by atoms with Gasteiger partial charge in [-0.3, -0.25) is 9.59 Å². The van der Waals surface area contributed by atoms with E-state index in [4.69, 9.17) is 4.42 Å². The highest BCUT2D eigenvalue weighted by Crippen LogP contribution is 2.31. The predicted molar refractivity (Wildman–Crippen MR) is 121 cm³/mol. The SMILES string of the molecule is O=C(CCc1ccc(-c2ccccc2)o1)Nc1nc(-c2ccc3c(c2)CC(=O)N3)cs1. The van der Waals surface area contributed by atoms with E-state index in [9.17, 15) is 9.59 Å². The first-order valence-electron chi connectivity index (χ1n) is 9.97. The molecule has 1 aliphatic rings. The standard InChI is InChI=1S/C24H19N3O3S/c28-22(11-8-18-7-10-21(30-18)15-4-2-1-3-5-15)27-24-26-20(14-31-24)16-6-9-19-17(12-16)13-23(29)25-19/h1-7,9-10,12,14H,8,11,13H2,(H,25,29)(H,26,27,28). The molecule has 7 heteroatoms. The van der Waals surface area contributed by atoms with Crippen LogP contribution < -0.4 is 10.6 Å². The van der Waals surface area contributed by atoms with Crippen molar-refractivity contribution in [2.75, 3.05) is 10.6 Å². The van der Waals surface area contributed by atoms with Crippen LogP contribution in [-0.2, 0) is 22.4 Å². The van der Waals surface area contributed by atoms with Gasteiger partial charge in [0.25, 0.3) is 0 Å². The zero-order chi connectivity index (χ0) is 21.2. The number of carbonyl (C=O) groups excluding carboxylic acids is 2. The second-order valence-electron chi connectivity index (χ2n) is 7.31. The fraction of sp³-hybridized carbons (Fsp3) is 0.125. The van der Waals surface area contributed by atoms with E-state index in [2.05, 4.69) is 15.6 Å². The number of rotatable bonds is 6. The minimum absolute atomic E-state index is 0.00539. The van der Waals surface area contributed by atoms with Gasteiger partial charge in [0, 0.05) is 35.0 Å². The number of carbonyl (C=O) groups is 2. The molecule has 154 valence electrons. The molecule has 0 spiro atoms. The van der Waals surface area contributed by atoms with Gasteiger partial charge < -0.3 is 15.1 Å². The van der Waals surface area contributed by atoms with Gasteiger partial charge in [0.2, 0.25) is 11.8 Å². The van der Waals surface area contributed by atoms with Crippen LogP contribution in [-0.4, -0.2) is 16.8 Å². The number of benzene rings is 2. The van der Waals surface area contributed by atoms with Gasteiger partial charge in [-0.25, -0.2) is 4.98 Å². The van der Waals surface area contributed by atoms with Gasteiger partial charge in [0.15, 0.2) is 5.13 Å². The lowest BCUT2D eigenvalue weighted by molar-refractivity contribution is -0.116. The molecule has 0 saturated heterocycles. The van der Waals surface area contributed by atoms with E-state index in [1.807, 2.05) is 66.0 Å². The lowest BCUT2D eigenvalue weighted by atomic mass is 10.1. The molecule has 0 radical (unpaired) electrons. The van der Waals surface area contributed by atoms with E-state index >= 15 is 0 Å². The van der Waals surface area contributed by atoms with Gasteiger partial charge in [0.05, 0.1) is 12.1 Å². The quantitative estimate of drug-likeness (QED) is 0.445. The summed E-state index contributed by atoms with van der Waals surface area (Å²) < 4.78 is 5.85. The average molecular weight is 430 g/mol. The van der Waals surface area contributed by atoms with E-state index < -0.39 is 0 Å². The van der Waals surface area contributed by atoms with Crippen LogP contribution in [0, 0.1) is 0 Å². The van der Waals surface area contributed by atoms with Crippen molar-refractivity contribution in [2.45, 2.75) is 19.3 Å². The number of nitrogens with zero attached hydrogens (tertiary/aromatic N) is 1. The van der Waals surface area contributed by atoms with Crippen LogP contribution in [0.15, 0.2) is 70.5 Å². The number of hydrogen-bond donors (Lipinski definition) is 2. The third kappa shape index (κ3) is 4.27. The normalized spacial score (nSPS) is 12.5. The summed E-state index contributed by atoms with van der Waals surface area (Å²) >= 11 is 1.38. The van der Waals surface area contributed by atoms with Crippen LogP contribution in [0.4, 0.5) is 10.8 Å². The van der Waals surface area contributed by atoms with Crippen molar-refractivity contribution in [3.05, 3.63) is 77.4 Å². The third-order valence-electron chi connectivity index (χ3n) is 5.10. The molecule has 0 aliphatic carbocycles. The number of nitrogens with one attached hydrogen (secondary N) is 2. The summed E-state index contributed by atoms with van der Waals surface area (Å²) in [5, 5.41) is 8.14. The van der Waals surface area contributed by atoms with Crippen molar-refractivity contribution in [3.63, 3.8) is 0 Å². The Kier molecular flexibility index (Phi) is 5.09. The van der Waals surface area contributed by atoms with E-state index in [-0.39, 0.29) is 11.8 Å². The number of fused-ring (bicyclic) bond motifs is 1. The monoisotopic (exact) mass is 429 g/mol. The highest BCUT2D eigenvalue weighted by atomic mass is 32.1. The number of thiazole rings is 1. The van der Waals surface area contributed by atoms with Crippen molar-refractivity contribution >= 4 is 34.0 Å². The first kappa shape index (κ1) is 19.3. The van der Waals surface area contributed by atoms with E-state index in [1.54, 1.807) is 0 Å². The van der Waals surface area contributed by atoms with Gasteiger partial charge in [-0.05, 0) is 29.8 Å². The molecule has 6 nitrogen and oxygen atoms in total. The van der Waals surface area contributed by atoms with Gasteiger partial charge in [0.1, 0.15) is 11.5 Å². The minimum Gasteiger partial charge on any atom is -0.461 e. The molecule has 2 amide bonds. The highest BCUT2D eigenvalue weighted by molar-refractivity contribution is 7.14. The predicted octanol–water partition coefficient (Wildman–Crippen LogP) is 5.14. The van der Waals surface area contributed by atoms with Crippen molar-refractivity contribution in [1.29, 1.82) is 0 Å². The van der Waals surface area contributed by atoms with Crippen molar-refractivity contribution < 1.29 is 14.0 Å². The van der Waals surface area contributed by atoms with Gasteiger partial charge in [-0.2, -0.15) is 0 Å². The van der Waals surface area contributed by atoms with E-state index in [1.165, 1.54) is 11.3 Å². The first-order chi connectivity index (χ1) is 15.1. The Morgan fingerprint density at radius 2 is 1.97 bits per heavy atom. The van der Waals surface area contributed by atoms with Crippen LogP contribution in [0.5, 0.6) is 0 Å². The maximum absolute atomic E-state index is 12.4. The van der Waals surface area contributed by atoms with Crippen LogP contribution >= 0.6 is 11.3 Å². The molecule has 2 aromatic heterocycles. The number of aryl methyl sites for hydroxylation is 1. The molecule has 2 aromatic carbocycles. The van der Waals surface area contributed by atoms with Crippen molar-refractivity contribution in [3.8, 4) is 22.6 Å². The zero-order valence-corrected chi connectivity index (χ0v) is 17.4. The number of furan rings is 1. The Bertz CT molecular complexity index is 1260. The van der Waals surface area contributed by atoms with E-state index in [0.717, 1.165) is 39.6 Å². The van der Waals surface area contributed by atoms with Crippen LogP contribution in [0.25, 0.3) is 22.6 Å². The van der Waals surface area contributed by atoms with Crippen LogP contribution in [0.3, 0.4) is 0 Å². The minimum atomic E-state index is -0.109. The third-order valence-corrected chi connectivity index (χ3v) is 5.85. The topological polar surface area (TPSA) is 84.2 Å². The van der Waals surface area contributed by atoms with Crippen LogP contribution in [0.2, 0.25) is 0 Å². The lowest BCUT2D eigenvalue weighted by Gasteiger charge is -2.02. The summed E-state index contributed by atoms with van der Waals surface area (Å²) in [6, 6.07) is 19.5. The molecule has 2 N–H and O–H groups in total. The highest BCUT2D eigenvalue weighted by Gasteiger charge is 2.18. The number of aromatic nitrogens is 1. The number of anilines is 2. The Labute approximate surface area is 182 Å². The molecular weight excluding hydrogens is 410 g/mol. The van der Waals surface area contributed by atoms with Crippen molar-refractivity contribution in [1.82, 2.24) is 4.98 Å². The summed E-state index contributed by atoms with van der Waals surface area (Å²) in [4.78, 5) is 28.4. The maximum atomic E-state index is 12.4. The summed E-state index contributed by atoms with van der Waals surface area (Å²) in [5.74, 6) is 1.47. The van der Waals surface area contributed by atoms with Gasteiger partial charge in [-0.15, -0.1) is 11.3 Å². The molecule has 1 aliphatic heterocycles. The second-order valence-corrected chi connectivity index (χ2v) is 8.17.